The second-order valence-electron chi connectivity index (χ2n) is 5.51. The third kappa shape index (κ3) is 3.88. The summed E-state index contributed by atoms with van der Waals surface area (Å²) in [5.41, 5.74) is 0.955. The summed E-state index contributed by atoms with van der Waals surface area (Å²) in [6.07, 6.45) is 0. The molecule has 0 unspecified atom stereocenters. The van der Waals surface area contributed by atoms with Gasteiger partial charge in [-0.2, -0.15) is 0 Å². The smallest absolute Gasteiger partial charge is 0.261 e. The molecule has 1 aromatic carbocycles. The molecule has 0 aliphatic carbocycles. The Labute approximate surface area is 150 Å². The lowest BCUT2D eigenvalue weighted by molar-refractivity contribution is 0.0657. The third-order valence-corrected chi connectivity index (χ3v) is 4.68. The molecule has 0 atom stereocenters. The lowest BCUT2D eigenvalue weighted by Gasteiger charge is -2.16. The second-order valence-corrected chi connectivity index (χ2v) is 6.54. The number of aliphatic imine (C=N–C) groups is 1. The van der Waals surface area contributed by atoms with Gasteiger partial charge in [0, 0.05) is 24.5 Å². The normalized spacial score (nSPS) is 14.0. The molecular weight excluding hydrogens is 336 g/mol. The first-order chi connectivity index (χ1) is 12.2. The number of guanidine groups is 1. The second kappa shape index (κ2) is 7.94. The Balaban J connectivity index is 1.57. The Kier molecular flexibility index (Phi) is 5.45. The first kappa shape index (κ1) is 17.2. The van der Waals surface area contributed by atoms with E-state index in [1.807, 2.05) is 24.4 Å². The van der Waals surface area contributed by atoms with Crippen LogP contribution in [0.25, 0.3) is 0 Å². The van der Waals surface area contributed by atoms with Crippen molar-refractivity contribution < 1.29 is 9.59 Å². The Bertz CT molecular complexity index is 751. The van der Waals surface area contributed by atoms with E-state index < -0.39 is 0 Å². The van der Waals surface area contributed by atoms with Crippen molar-refractivity contribution in [2.24, 2.45) is 4.99 Å². The minimum atomic E-state index is -0.233. The molecule has 2 N–H and O–H groups in total. The molecule has 0 spiro atoms. The van der Waals surface area contributed by atoms with E-state index in [0.717, 1.165) is 6.54 Å². The number of imide groups is 1. The Hall–Kier alpha value is -2.67. The summed E-state index contributed by atoms with van der Waals surface area (Å²) >= 11 is 1.66. The summed E-state index contributed by atoms with van der Waals surface area (Å²) in [5.74, 6) is 0.207. The fourth-order valence-electron chi connectivity index (χ4n) is 2.63. The lowest BCUT2D eigenvalue weighted by atomic mass is 10.1. The van der Waals surface area contributed by atoms with Gasteiger partial charge in [-0.15, -0.1) is 11.3 Å². The van der Waals surface area contributed by atoms with E-state index >= 15 is 0 Å². The molecule has 1 aliphatic heterocycles. The average molecular weight is 356 g/mol. The highest BCUT2D eigenvalue weighted by molar-refractivity contribution is 7.09. The molecule has 2 aromatic rings. The minimum Gasteiger partial charge on any atom is -0.357 e. The van der Waals surface area contributed by atoms with Crippen LogP contribution in [0.2, 0.25) is 0 Å². The number of carbonyl (C=O) groups excluding carboxylic acids is 2. The molecule has 0 radical (unpaired) electrons. The predicted octanol–water partition coefficient (Wildman–Crippen LogP) is 2.10. The maximum Gasteiger partial charge on any atom is 0.261 e. The molecule has 6 nitrogen and oxygen atoms in total. The summed E-state index contributed by atoms with van der Waals surface area (Å²) in [7, 11) is 0. The number of hydrogen-bond donors (Lipinski definition) is 2. The van der Waals surface area contributed by atoms with Gasteiger partial charge in [0.1, 0.15) is 0 Å². The standard InChI is InChI=1S/C18H20N4O2S/c1-2-19-18(21-12-13-6-5-11-25-13)20-9-10-22-16(23)14-7-3-4-8-15(14)17(22)24/h3-8,11H,2,9-10,12H2,1H3,(H2,19,20,21). The molecule has 0 bridgehead atoms. The molecule has 25 heavy (non-hydrogen) atoms. The van der Waals surface area contributed by atoms with E-state index in [1.54, 1.807) is 35.6 Å². The molecule has 3 rings (SSSR count). The fourth-order valence-corrected chi connectivity index (χ4v) is 3.26. The van der Waals surface area contributed by atoms with Crippen LogP contribution >= 0.6 is 11.3 Å². The SMILES string of the molecule is CCNC(=NCc1cccs1)NCCN1C(=O)c2ccccc2C1=O. The number of fused-ring (bicyclic) bond motifs is 1. The van der Waals surface area contributed by atoms with Gasteiger partial charge in [0.25, 0.3) is 11.8 Å². The van der Waals surface area contributed by atoms with Crippen molar-refractivity contribution in [3.63, 3.8) is 0 Å². The van der Waals surface area contributed by atoms with Crippen molar-refractivity contribution in [3.05, 3.63) is 57.8 Å². The van der Waals surface area contributed by atoms with E-state index in [1.165, 1.54) is 9.78 Å². The maximum absolute atomic E-state index is 12.3. The van der Waals surface area contributed by atoms with Crippen LogP contribution in [0.15, 0.2) is 46.8 Å². The lowest BCUT2D eigenvalue weighted by Crippen LogP contribution is -2.43. The molecule has 1 aromatic heterocycles. The highest BCUT2D eigenvalue weighted by Crippen LogP contribution is 2.21. The third-order valence-electron chi connectivity index (χ3n) is 3.82. The van der Waals surface area contributed by atoms with Crippen molar-refractivity contribution in [2.75, 3.05) is 19.6 Å². The highest BCUT2D eigenvalue weighted by Gasteiger charge is 2.34. The summed E-state index contributed by atoms with van der Waals surface area (Å²) in [6.45, 7) is 4.08. The number of carbonyl (C=O) groups is 2. The number of rotatable bonds is 6. The molecule has 0 saturated carbocycles. The molecule has 2 heterocycles. The van der Waals surface area contributed by atoms with Crippen LogP contribution in [0.1, 0.15) is 32.5 Å². The van der Waals surface area contributed by atoms with Gasteiger partial charge >= 0.3 is 0 Å². The van der Waals surface area contributed by atoms with E-state index in [9.17, 15) is 9.59 Å². The van der Waals surface area contributed by atoms with E-state index in [-0.39, 0.29) is 11.8 Å². The predicted molar refractivity (Wildman–Crippen MR) is 98.9 cm³/mol. The first-order valence-electron chi connectivity index (χ1n) is 8.20. The van der Waals surface area contributed by atoms with Gasteiger partial charge in [-0.05, 0) is 30.5 Å². The van der Waals surface area contributed by atoms with Crippen LogP contribution in [0, 0.1) is 0 Å². The molecule has 0 fully saturated rings. The van der Waals surface area contributed by atoms with Crippen molar-refractivity contribution in [1.82, 2.24) is 15.5 Å². The summed E-state index contributed by atoms with van der Waals surface area (Å²) in [4.78, 5) is 31.6. The molecule has 0 saturated heterocycles. The minimum absolute atomic E-state index is 0.233. The van der Waals surface area contributed by atoms with Gasteiger partial charge in [-0.1, -0.05) is 18.2 Å². The van der Waals surface area contributed by atoms with E-state index in [0.29, 0.717) is 36.7 Å². The van der Waals surface area contributed by atoms with Gasteiger partial charge in [0.2, 0.25) is 0 Å². The number of thiophene rings is 1. The topological polar surface area (TPSA) is 73.8 Å². The Morgan fingerprint density at radius 3 is 2.40 bits per heavy atom. The summed E-state index contributed by atoms with van der Waals surface area (Å²) in [5, 5.41) is 8.36. The average Bonchev–Trinajstić information content (AvgIpc) is 3.23. The van der Waals surface area contributed by atoms with Gasteiger partial charge in [0.05, 0.1) is 17.7 Å². The van der Waals surface area contributed by atoms with Crippen molar-refractivity contribution in [2.45, 2.75) is 13.5 Å². The number of amides is 2. The number of benzene rings is 1. The van der Waals surface area contributed by atoms with Crippen LogP contribution < -0.4 is 10.6 Å². The van der Waals surface area contributed by atoms with Gasteiger partial charge in [-0.3, -0.25) is 14.5 Å². The van der Waals surface area contributed by atoms with Gasteiger partial charge in [-0.25, -0.2) is 4.99 Å². The Morgan fingerprint density at radius 2 is 1.80 bits per heavy atom. The maximum atomic E-state index is 12.3. The van der Waals surface area contributed by atoms with Crippen molar-refractivity contribution >= 4 is 29.1 Å². The van der Waals surface area contributed by atoms with Gasteiger partial charge in [0.15, 0.2) is 5.96 Å². The highest BCUT2D eigenvalue weighted by atomic mass is 32.1. The summed E-state index contributed by atoms with van der Waals surface area (Å²) < 4.78 is 0. The summed E-state index contributed by atoms with van der Waals surface area (Å²) in [6, 6.07) is 11.0. The fraction of sp³-hybridized carbons (Fsp3) is 0.278. The van der Waals surface area contributed by atoms with Crippen LogP contribution in [0.5, 0.6) is 0 Å². The van der Waals surface area contributed by atoms with Crippen LogP contribution in [0.3, 0.4) is 0 Å². The van der Waals surface area contributed by atoms with E-state index in [4.69, 9.17) is 0 Å². The number of nitrogens with zero attached hydrogens (tertiary/aromatic N) is 2. The first-order valence-corrected chi connectivity index (χ1v) is 9.08. The molecular formula is C18H20N4O2S. The van der Waals surface area contributed by atoms with Gasteiger partial charge < -0.3 is 10.6 Å². The zero-order valence-corrected chi connectivity index (χ0v) is 14.8. The molecule has 1 aliphatic rings. The largest absolute Gasteiger partial charge is 0.357 e. The Morgan fingerprint density at radius 1 is 1.08 bits per heavy atom. The van der Waals surface area contributed by atoms with E-state index in [2.05, 4.69) is 15.6 Å². The number of nitrogens with one attached hydrogen (secondary N) is 2. The molecule has 7 heteroatoms. The molecule has 130 valence electrons. The monoisotopic (exact) mass is 356 g/mol. The quantitative estimate of drug-likeness (QED) is 0.472. The molecule has 2 amide bonds. The van der Waals surface area contributed by atoms with Crippen LogP contribution in [-0.4, -0.2) is 42.3 Å². The van der Waals surface area contributed by atoms with Crippen LogP contribution in [-0.2, 0) is 6.54 Å². The van der Waals surface area contributed by atoms with Crippen LogP contribution in [0.4, 0.5) is 0 Å². The van der Waals surface area contributed by atoms with Crippen molar-refractivity contribution in [1.29, 1.82) is 0 Å². The number of hydrogen-bond acceptors (Lipinski definition) is 4. The van der Waals surface area contributed by atoms with Crippen molar-refractivity contribution in [3.8, 4) is 0 Å². The zero-order chi connectivity index (χ0) is 17.6. The zero-order valence-electron chi connectivity index (χ0n) is 14.0.